The molecule has 0 saturated heterocycles. The fraction of sp³-hybridized carbons (Fsp3) is 0.706. The molecule has 9 nitrogen and oxygen atoms in total. The Bertz CT molecular complexity index is 1210. The molecule has 0 aromatic heterocycles. The van der Waals surface area contributed by atoms with Crippen molar-refractivity contribution >= 4 is 17.9 Å². The Labute approximate surface area is 367 Å². The molecule has 0 aromatic carbocycles. The molecular formula is C51H88NO8+. The maximum atomic E-state index is 12.8. The largest absolute Gasteiger partial charge is 0.477 e. The van der Waals surface area contributed by atoms with E-state index < -0.39 is 24.3 Å². The van der Waals surface area contributed by atoms with Crippen LogP contribution < -0.4 is 0 Å². The lowest BCUT2D eigenvalue weighted by atomic mass is 10.1. The summed E-state index contributed by atoms with van der Waals surface area (Å²) in [5, 5.41) is 9.65. The molecule has 0 heterocycles. The minimum Gasteiger partial charge on any atom is -0.477 e. The number of likely N-dealkylation sites (N-methyl/N-ethyl adjacent to an activating group) is 1. The van der Waals surface area contributed by atoms with Gasteiger partial charge in [-0.15, -0.1) is 0 Å². The molecule has 0 spiro atoms. The number of rotatable bonds is 42. The van der Waals surface area contributed by atoms with Crippen LogP contribution in [0, 0.1) is 0 Å². The highest BCUT2D eigenvalue weighted by atomic mass is 16.7. The van der Waals surface area contributed by atoms with Gasteiger partial charge in [-0.3, -0.25) is 9.59 Å². The van der Waals surface area contributed by atoms with Crippen molar-refractivity contribution in [1.29, 1.82) is 0 Å². The van der Waals surface area contributed by atoms with Crippen molar-refractivity contribution in [2.24, 2.45) is 0 Å². The standard InChI is InChI=1S/C51H87NO8/c1-6-8-10-12-14-16-18-20-22-23-24-25-26-27-28-30-32-34-36-38-40-42-49(54)60-47(46-59-51(50(55)56)57-44-43-52(3,4)5)45-58-48(53)41-39-37-35-33-31-29-21-19-17-15-13-11-9-7-2/h8,10,13-16,19-22,24-25,47,51H,6-7,9,11-12,17-18,23,26-46H2,1-5H3/p+1/b10-8-,15-13-,16-14-,21-19-,22-20-,25-24-. The molecule has 0 amide bonds. The molecule has 0 aromatic rings. The Morgan fingerprint density at radius 2 is 0.950 bits per heavy atom. The number of carbonyl (C=O) groups excluding carboxylic acids is 2. The Kier molecular flexibility index (Phi) is 40.1. The molecular weight excluding hydrogens is 755 g/mol. The van der Waals surface area contributed by atoms with Gasteiger partial charge in [-0.2, -0.15) is 0 Å². The van der Waals surface area contributed by atoms with E-state index in [9.17, 15) is 19.5 Å². The lowest BCUT2D eigenvalue weighted by Gasteiger charge is -2.25. The number of ether oxygens (including phenoxy) is 4. The summed E-state index contributed by atoms with van der Waals surface area (Å²) in [6.07, 6.45) is 49.6. The Hall–Kier alpha value is -3.27. The monoisotopic (exact) mass is 843 g/mol. The summed E-state index contributed by atoms with van der Waals surface area (Å²) in [6, 6.07) is 0. The van der Waals surface area contributed by atoms with Crippen LogP contribution in [0.4, 0.5) is 0 Å². The molecule has 2 atom stereocenters. The first-order valence-corrected chi connectivity index (χ1v) is 23.6. The quantitative estimate of drug-likeness (QED) is 0.0213. The van der Waals surface area contributed by atoms with Gasteiger partial charge in [0.05, 0.1) is 34.4 Å². The molecule has 0 saturated carbocycles. The van der Waals surface area contributed by atoms with Gasteiger partial charge < -0.3 is 28.5 Å². The smallest absolute Gasteiger partial charge is 0.361 e. The van der Waals surface area contributed by atoms with Gasteiger partial charge >= 0.3 is 17.9 Å². The number of carboxylic acid groups (broad SMARTS) is 1. The molecule has 0 aliphatic heterocycles. The molecule has 0 aliphatic rings. The van der Waals surface area contributed by atoms with E-state index >= 15 is 0 Å². The first kappa shape index (κ1) is 56.7. The molecule has 1 N–H and O–H groups in total. The predicted molar refractivity (Wildman–Crippen MR) is 249 cm³/mol. The van der Waals surface area contributed by atoms with Gasteiger partial charge in [-0.05, 0) is 77.0 Å². The fourth-order valence-electron chi connectivity index (χ4n) is 6.02. The van der Waals surface area contributed by atoms with E-state index in [1.54, 1.807) is 0 Å². The summed E-state index contributed by atoms with van der Waals surface area (Å²) >= 11 is 0. The van der Waals surface area contributed by atoms with Crippen LogP contribution in [0.1, 0.15) is 174 Å². The number of hydrogen-bond donors (Lipinski definition) is 1. The zero-order valence-electron chi connectivity index (χ0n) is 38.8. The zero-order chi connectivity index (χ0) is 44.2. The fourth-order valence-corrected chi connectivity index (χ4v) is 6.02. The normalized spacial score (nSPS) is 13.6. The Morgan fingerprint density at radius 1 is 0.517 bits per heavy atom. The van der Waals surface area contributed by atoms with Gasteiger partial charge in [-0.1, -0.05) is 157 Å². The van der Waals surface area contributed by atoms with Crippen molar-refractivity contribution in [3.63, 3.8) is 0 Å². The number of quaternary nitrogens is 1. The predicted octanol–water partition coefficient (Wildman–Crippen LogP) is 12.7. The van der Waals surface area contributed by atoms with Gasteiger partial charge in [-0.25, -0.2) is 4.79 Å². The topological polar surface area (TPSA) is 108 Å². The van der Waals surface area contributed by atoms with Crippen molar-refractivity contribution in [3.05, 3.63) is 72.9 Å². The second kappa shape index (κ2) is 42.4. The van der Waals surface area contributed by atoms with Gasteiger partial charge in [0.1, 0.15) is 13.2 Å². The van der Waals surface area contributed by atoms with E-state index in [2.05, 4.69) is 86.8 Å². The molecule has 0 radical (unpaired) electrons. The molecule has 0 rings (SSSR count). The SMILES string of the molecule is CC/C=C\C/C=C\C/C=C\C/C=C\CCCCCCCCCCC(=O)OC(COC(=O)CCCCCCC/C=C\C/C=C\CCCC)COC(OCC[N+](C)(C)C)C(=O)O. The minimum atomic E-state index is -1.52. The number of nitrogens with zero attached hydrogens (tertiary/aromatic N) is 1. The summed E-state index contributed by atoms with van der Waals surface area (Å²) in [4.78, 5) is 37.2. The second-order valence-electron chi connectivity index (χ2n) is 16.7. The molecule has 2 unspecified atom stereocenters. The van der Waals surface area contributed by atoms with E-state index in [-0.39, 0.29) is 38.6 Å². The molecule has 0 bridgehead atoms. The summed E-state index contributed by atoms with van der Waals surface area (Å²) in [5.74, 6) is -2.04. The molecule has 0 aliphatic carbocycles. The highest BCUT2D eigenvalue weighted by Gasteiger charge is 2.25. The van der Waals surface area contributed by atoms with Crippen molar-refractivity contribution in [2.45, 2.75) is 187 Å². The van der Waals surface area contributed by atoms with Crippen molar-refractivity contribution in [3.8, 4) is 0 Å². The third-order valence-corrected chi connectivity index (χ3v) is 9.70. The first-order valence-electron chi connectivity index (χ1n) is 23.6. The summed E-state index contributed by atoms with van der Waals surface area (Å²) in [5.41, 5.74) is 0. The van der Waals surface area contributed by atoms with Crippen LogP contribution in [-0.4, -0.2) is 87.4 Å². The summed E-state index contributed by atoms with van der Waals surface area (Å²) < 4.78 is 22.7. The molecule has 344 valence electrons. The van der Waals surface area contributed by atoms with Crippen LogP contribution in [0.5, 0.6) is 0 Å². The van der Waals surface area contributed by atoms with Crippen LogP contribution in [0.2, 0.25) is 0 Å². The lowest BCUT2D eigenvalue weighted by molar-refractivity contribution is -0.870. The average molecular weight is 843 g/mol. The van der Waals surface area contributed by atoms with Crippen molar-refractivity contribution < 1.29 is 42.9 Å². The van der Waals surface area contributed by atoms with Gasteiger partial charge in [0, 0.05) is 12.8 Å². The van der Waals surface area contributed by atoms with Crippen LogP contribution in [0.3, 0.4) is 0 Å². The lowest BCUT2D eigenvalue weighted by Crippen LogP contribution is -2.40. The van der Waals surface area contributed by atoms with Crippen molar-refractivity contribution in [2.75, 3.05) is 47.5 Å². The number of esters is 2. The third-order valence-electron chi connectivity index (χ3n) is 9.70. The second-order valence-corrected chi connectivity index (χ2v) is 16.7. The highest BCUT2D eigenvalue weighted by molar-refractivity contribution is 5.71. The highest BCUT2D eigenvalue weighted by Crippen LogP contribution is 2.13. The van der Waals surface area contributed by atoms with Crippen molar-refractivity contribution in [1.82, 2.24) is 0 Å². The molecule has 9 heteroatoms. The summed E-state index contributed by atoms with van der Waals surface area (Å²) in [6.45, 7) is 4.68. The van der Waals surface area contributed by atoms with E-state index in [1.165, 1.54) is 38.5 Å². The van der Waals surface area contributed by atoms with Gasteiger partial charge in [0.2, 0.25) is 0 Å². The van der Waals surface area contributed by atoms with Crippen LogP contribution in [-0.2, 0) is 33.3 Å². The number of aliphatic carboxylic acids is 1. The molecule has 60 heavy (non-hydrogen) atoms. The van der Waals surface area contributed by atoms with E-state index in [4.69, 9.17) is 18.9 Å². The Morgan fingerprint density at radius 3 is 1.42 bits per heavy atom. The van der Waals surface area contributed by atoms with Crippen LogP contribution in [0.25, 0.3) is 0 Å². The van der Waals surface area contributed by atoms with E-state index in [0.29, 0.717) is 17.4 Å². The number of hydrogen-bond acceptors (Lipinski definition) is 7. The minimum absolute atomic E-state index is 0.180. The Balaban J connectivity index is 4.43. The third kappa shape index (κ3) is 42.8. The van der Waals surface area contributed by atoms with E-state index in [0.717, 1.165) is 103 Å². The number of carbonyl (C=O) groups is 3. The van der Waals surface area contributed by atoms with Crippen LogP contribution >= 0.6 is 0 Å². The van der Waals surface area contributed by atoms with E-state index in [1.807, 2.05) is 21.1 Å². The number of unbranched alkanes of at least 4 members (excludes halogenated alkanes) is 15. The maximum absolute atomic E-state index is 12.8. The zero-order valence-corrected chi connectivity index (χ0v) is 38.8. The maximum Gasteiger partial charge on any atom is 0.361 e. The first-order chi connectivity index (χ1) is 29.1. The van der Waals surface area contributed by atoms with Gasteiger partial charge in [0.15, 0.2) is 6.10 Å². The number of allylic oxidation sites excluding steroid dienone is 12. The average Bonchev–Trinajstić information content (AvgIpc) is 3.21. The van der Waals surface area contributed by atoms with Crippen LogP contribution in [0.15, 0.2) is 72.9 Å². The van der Waals surface area contributed by atoms with Gasteiger partial charge in [0.25, 0.3) is 6.29 Å². The summed E-state index contributed by atoms with van der Waals surface area (Å²) in [7, 11) is 5.94. The molecule has 0 fully saturated rings. The number of carboxylic acids is 1.